The number of nitrogens with one attached hydrogen (secondary N) is 3. The van der Waals surface area contributed by atoms with Gasteiger partial charge >= 0.3 is 0 Å². The molecule has 200 valence electrons. The van der Waals surface area contributed by atoms with E-state index in [0.717, 1.165) is 5.56 Å². The van der Waals surface area contributed by atoms with E-state index in [1.54, 1.807) is 18.2 Å². The van der Waals surface area contributed by atoms with Crippen LogP contribution in [0.5, 0.6) is 11.5 Å². The molecule has 5 rings (SSSR count). The van der Waals surface area contributed by atoms with Gasteiger partial charge in [-0.2, -0.15) is 0 Å². The fourth-order valence-corrected chi connectivity index (χ4v) is 6.30. The molecule has 0 spiro atoms. The number of rotatable bonds is 7. The molecule has 0 aliphatic carbocycles. The van der Waals surface area contributed by atoms with Gasteiger partial charge in [0, 0.05) is 12.6 Å². The third-order valence-electron chi connectivity index (χ3n) is 6.39. The Morgan fingerprint density at radius 2 is 1.77 bits per heavy atom. The van der Waals surface area contributed by atoms with Crippen LogP contribution in [-0.4, -0.2) is 45.3 Å². The van der Waals surface area contributed by atoms with Crippen molar-refractivity contribution in [3.8, 4) is 11.5 Å². The SMILES string of the molecule is COc1cc(/C=C/C(=O)Nc2cccc3c(=O)[nH][nH]c(=O)c23)cc(S(=O)(=O)N2CCc3ccccc32)c1OC. The van der Waals surface area contributed by atoms with Crippen LogP contribution < -0.4 is 30.2 Å². The van der Waals surface area contributed by atoms with Crippen molar-refractivity contribution in [3.63, 3.8) is 0 Å². The monoisotopic (exact) mass is 548 g/mol. The van der Waals surface area contributed by atoms with Gasteiger partial charge in [0.1, 0.15) is 4.90 Å². The number of anilines is 2. The summed E-state index contributed by atoms with van der Waals surface area (Å²) in [4.78, 5) is 37.0. The van der Waals surface area contributed by atoms with Crippen molar-refractivity contribution in [2.75, 3.05) is 30.4 Å². The maximum atomic E-state index is 13.8. The van der Waals surface area contributed by atoms with E-state index in [9.17, 15) is 22.8 Å². The van der Waals surface area contributed by atoms with Crippen LogP contribution in [0.3, 0.4) is 0 Å². The van der Waals surface area contributed by atoms with Crippen molar-refractivity contribution < 1.29 is 22.7 Å². The molecule has 0 saturated carbocycles. The van der Waals surface area contributed by atoms with Gasteiger partial charge in [0.15, 0.2) is 11.5 Å². The first kappa shape index (κ1) is 25.8. The molecule has 1 amide bonds. The minimum absolute atomic E-state index is 0.0355. The van der Waals surface area contributed by atoms with Crippen LogP contribution in [0.2, 0.25) is 0 Å². The molecule has 0 fully saturated rings. The maximum absolute atomic E-state index is 13.8. The molecule has 1 aromatic heterocycles. The molecule has 12 heteroatoms. The first-order valence-electron chi connectivity index (χ1n) is 11.8. The molecule has 1 aliphatic heterocycles. The number of carbonyl (C=O) groups is 1. The third-order valence-corrected chi connectivity index (χ3v) is 8.21. The lowest BCUT2D eigenvalue weighted by molar-refractivity contribution is -0.111. The predicted octanol–water partition coefficient (Wildman–Crippen LogP) is 2.64. The molecule has 2 heterocycles. The van der Waals surface area contributed by atoms with Crippen LogP contribution in [0.15, 0.2) is 75.2 Å². The average molecular weight is 549 g/mol. The highest BCUT2D eigenvalue weighted by atomic mass is 32.2. The van der Waals surface area contributed by atoms with Crippen molar-refractivity contribution >= 4 is 44.2 Å². The van der Waals surface area contributed by atoms with Gasteiger partial charge < -0.3 is 14.8 Å². The van der Waals surface area contributed by atoms with E-state index in [0.29, 0.717) is 17.7 Å². The van der Waals surface area contributed by atoms with E-state index in [2.05, 4.69) is 15.5 Å². The number of methoxy groups -OCH3 is 2. The zero-order valence-corrected chi connectivity index (χ0v) is 21.8. The Kier molecular flexibility index (Phi) is 6.71. The molecule has 11 nitrogen and oxygen atoms in total. The zero-order valence-electron chi connectivity index (χ0n) is 21.0. The highest BCUT2D eigenvalue weighted by Crippen LogP contribution is 2.40. The van der Waals surface area contributed by atoms with Gasteiger partial charge in [-0.1, -0.05) is 24.3 Å². The largest absolute Gasteiger partial charge is 0.493 e. The summed E-state index contributed by atoms with van der Waals surface area (Å²) in [6.45, 7) is 0.280. The number of hydrogen-bond donors (Lipinski definition) is 3. The first-order chi connectivity index (χ1) is 18.7. The van der Waals surface area contributed by atoms with E-state index in [1.807, 2.05) is 12.1 Å². The fraction of sp³-hybridized carbons (Fsp3) is 0.148. The molecule has 4 aromatic rings. The van der Waals surface area contributed by atoms with Crippen LogP contribution in [0.1, 0.15) is 11.1 Å². The normalized spacial score (nSPS) is 13.0. The molecule has 39 heavy (non-hydrogen) atoms. The standard InChI is InChI=1S/C27H24N4O7S/c1-37-21-14-16(10-11-23(32)28-19-8-5-7-18-24(19)27(34)30-29-26(18)33)15-22(25(21)38-2)39(35,36)31-13-12-17-6-3-4-9-20(17)31/h3-11,14-15H,12-13H2,1-2H3,(H,28,32)(H,29,33)(H,30,34)/b11-10+. The Morgan fingerprint density at radius 1 is 1.00 bits per heavy atom. The summed E-state index contributed by atoms with van der Waals surface area (Å²) in [7, 11) is -1.30. The average Bonchev–Trinajstić information content (AvgIpc) is 3.38. The quantitative estimate of drug-likeness (QED) is 0.300. The van der Waals surface area contributed by atoms with Crippen molar-refractivity contribution in [3.05, 3.63) is 92.5 Å². The van der Waals surface area contributed by atoms with E-state index in [1.165, 1.54) is 54.9 Å². The van der Waals surface area contributed by atoms with E-state index < -0.39 is 27.0 Å². The van der Waals surface area contributed by atoms with Gasteiger partial charge in [-0.15, -0.1) is 0 Å². The number of hydrogen-bond acceptors (Lipinski definition) is 7. The minimum Gasteiger partial charge on any atom is -0.493 e. The van der Waals surface area contributed by atoms with Crippen LogP contribution >= 0.6 is 0 Å². The number of para-hydroxylation sites is 1. The number of aromatic amines is 2. The Hall–Kier alpha value is -4.84. The fourth-order valence-electron chi connectivity index (χ4n) is 4.59. The Labute approximate surface area is 222 Å². The first-order valence-corrected chi connectivity index (χ1v) is 13.3. The van der Waals surface area contributed by atoms with Crippen LogP contribution in [0.25, 0.3) is 16.8 Å². The lowest BCUT2D eigenvalue weighted by Gasteiger charge is -2.22. The van der Waals surface area contributed by atoms with Gasteiger partial charge in [0.05, 0.1) is 36.4 Å². The number of amides is 1. The zero-order chi connectivity index (χ0) is 27.7. The number of aromatic nitrogens is 2. The number of benzene rings is 3. The second-order valence-corrected chi connectivity index (χ2v) is 10.5. The van der Waals surface area contributed by atoms with Gasteiger partial charge in [-0.05, 0) is 54.0 Å². The van der Waals surface area contributed by atoms with Crippen LogP contribution in [-0.2, 0) is 21.2 Å². The van der Waals surface area contributed by atoms with Crippen molar-refractivity contribution in [1.82, 2.24) is 10.2 Å². The lowest BCUT2D eigenvalue weighted by atomic mass is 10.1. The molecule has 0 radical (unpaired) electrons. The smallest absolute Gasteiger partial charge is 0.272 e. The molecular weight excluding hydrogens is 524 g/mol. The number of sulfonamides is 1. The van der Waals surface area contributed by atoms with Gasteiger partial charge in [0.25, 0.3) is 21.1 Å². The second-order valence-electron chi connectivity index (χ2n) is 8.67. The lowest BCUT2D eigenvalue weighted by Crippen LogP contribution is -2.29. The molecule has 0 saturated heterocycles. The summed E-state index contributed by atoms with van der Waals surface area (Å²) in [5, 5.41) is 7.23. The predicted molar refractivity (Wildman–Crippen MR) is 147 cm³/mol. The molecule has 3 aromatic carbocycles. The number of nitrogens with zero attached hydrogens (tertiary/aromatic N) is 1. The summed E-state index contributed by atoms with van der Waals surface area (Å²) >= 11 is 0. The second kappa shape index (κ2) is 10.1. The van der Waals surface area contributed by atoms with Crippen molar-refractivity contribution in [1.29, 1.82) is 0 Å². The highest BCUT2D eigenvalue weighted by Gasteiger charge is 2.34. The molecule has 1 aliphatic rings. The van der Waals surface area contributed by atoms with Gasteiger partial charge in [-0.25, -0.2) is 8.42 Å². The number of ether oxygens (including phenoxy) is 2. The van der Waals surface area contributed by atoms with E-state index in [4.69, 9.17) is 9.47 Å². The number of fused-ring (bicyclic) bond motifs is 2. The Balaban J connectivity index is 1.49. The van der Waals surface area contributed by atoms with Crippen molar-refractivity contribution in [2.24, 2.45) is 0 Å². The van der Waals surface area contributed by atoms with Gasteiger partial charge in [0.2, 0.25) is 5.91 Å². The van der Waals surface area contributed by atoms with E-state index in [-0.39, 0.29) is 39.4 Å². The van der Waals surface area contributed by atoms with Crippen LogP contribution in [0, 0.1) is 0 Å². The number of carbonyl (C=O) groups excluding carboxylic acids is 1. The molecule has 0 unspecified atom stereocenters. The number of H-pyrrole nitrogens is 2. The summed E-state index contributed by atoms with van der Waals surface area (Å²) in [6, 6.07) is 14.7. The topological polar surface area (TPSA) is 151 Å². The molecule has 0 bridgehead atoms. The van der Waals surface area contributed by atoms with Gasteiger partial charge in [-0.3, -0.25) is 28.9 Å². The van der Waals surface area contributed by atoms with Crippen molar-refractivity contribution in [2.45, 2.75) is 11.3 Å². The summed E-state index contributed by atoms with van der Waals surface area (Å²) in [5.74, 6) is -0.385. The summed E-state index contributed by atoms with van der Waals surface area (Å²) in [5.41, 5.74) is 0.967. The maximum Gasteiger partial charge on any atom is 0.272 e. The summed E-state index contributed by atoms with van der Waals surface area (Å²) < 4.78 is 39.7. The minimum atomic E-state index is -4.05. The Morgan fingerprint density at radius 3 is 2.54 bits per heavy atom. The molecule has 3 N–H and O–H groups in total. The van der Waals surface area contributed by atoms with Crippen LogP contribution in [0.4, 0.5) is 11.4 Å². The highest BCUT2D eigenvalue weighted by molar-refractivity contribution is 7.93. The third kappa shape index (κ3) is 4.66. The summed E-state index contributed by atoms with van der Waals surface area (Å²) in [6.07, 6.45) is 3.18. The van der Waals surface area contributed by atoms with E-state index >= 15 is 0 Å². The molecular formula is C27H24N4O7S. The molecule has 0 atom stereocenters. The Bertz CT molecular complexity index is 1860.